The number of nitrogens with two attached hydrogens (primary N) is 1. The average Bonchev–Trinajstić information content (AvgIpc) is 2.86. The smallest absolute Gasteiger partial charge is 0.233 e. The second-order valence-corrected chi connectivity index (χ2v) is 6.87. The van der Waals surface area contributed by atoms with E-state index in [0.29, 0.717) is 17.5 Å². The van der Waals surface area contributed by atoms with Gasteiger partial charge in [0.2, 0.25) is 11.1 Å². The molecule has 8 heteroatoms. The SMILES string of the molecule is CCCNC(=O)[C@@H](C)Sc1nnc(-c2ccccc2Br)n1N. The van der Waals surface area contributed by atoms with Crippen molar-refractivity contribution in [3.05, 3.63) is 28.7 Å². The van der Waals surface area contributed by atoms with Crippen LogP contribution in [0.15, 0.2) is 33.9 Å². The first-order chi connectivity index (χ1) is 10.5. The number of thioether (sulfide) groups is 1. The number of rotatable bonds is 6. The summed E-state index contributed by atoms with van der Waals surface area (Å²) < 4.78 is 2.30. The lowest BCUT2D eigenvalue weighted by Crippen LogP contribution is -2.31. The topological polar surface area (TPSA) is 85.8 Å². The summed E-state index contributed by atoms with van der Waals surface area (Å²) in [7, 11) is 0. The molecule has 6 nitrogen and oxygen atoms in total. The van der Waals surface area contributed by atoms with E-state index in [-0.39, 0.29) is 11.2 Å². The summed E-state index contributed by atoms with van der Waals surface area (Å²) in [5, 5.41) is 11.3. The quantitative estimate of drug-likeness (QED) is 0.590. The highest BCUT2D eigenvalue weighted by Gasteiger charge is 2.20. The number of hydrogen-bond acceptors (Lipinski definition) is 5. The van der Waals surface area contributed by atoms with Crippen LogP contribution in [0.2, 0.25) is 0 Å². The van der Waals surface area contributed by atoms with Crippen LogP contribution in [0.3, 0.4) is 0 Å². The molecule has 0 bridgehead atoms. The molecule has 22 heavy (non-hydrogen) atoms. The van der Waals surface area contributed by atoms with Crippen LogP contribution >= 0.6 is 27.7 Å². The number of benzene rings is 1. The van der Waals surface area contributed by atoms with Crippen LogP contribution in [0, 0.1) is 0 Å². The van der Waals surface area contributed by atoms with Gasteiger partial charge in [0, 0.05) is 16.6 Å². The molecule has 0 unspecified atom stereocenters. The molecule has 0 fully saturated rings. The summed E-state index contributed by atoms with van der Waals surface area (Å²) >= 11 is 4.76. The number of nitrogens with zero attached hydrogens (tertiary/aromatic N) is 3. The van der Waals surface area contributed by atoms with Crippen molar-refractivity contribution in [1.29, 1.82) is 0 Å². The van der Waals surface area contributed by atoms with Gasteiger partial charge in [-0.05, 0) is 25.5 Å². The molecule has 0 spiro atoms. The van der Waals surface area contributed by atoms with Gasteiger partial charge in [-0.1, -0.05) is 46.7 Å². The summed E-state index contributed by atoms with van der Waals surface area (Å²) in [5.41, 5.74) is 0.854. The molecule has 1 aromatic heterocycles. The highest BCUT2D eigenvalue weighted by atomic mass is 79.9. The molecule has 3 N–H and O–H groups in total. The molecule has 2 aromatic rings. The minimum atomic E-state index is -0.287. The fraction of sp³-hybridized carbons (Fsp3) is 0.357. The maximum absolute atomic E-state index is 11.9. The Hall–Kier alpha value is -1.54. The van der Waals surface area contributed by atoms with Crippen LogP contribution in [-0.4, -0.2) is 32.6 Å². The van der Waals surface area contributed by atoms with Crippen LogP contribution in [0.4, 0.5) is 0 Å². The van der Waals surface area contributed by atoms with E-state index in [4.69, 9.17) is 5.84 Å². The predicted octanol–water partition coefficient (Wildman–Crippen LogP) is 2.43. The van der Waals surface area contributed by atoms with E-state index < -0.39 is 0 Å². The molecule has 0 aliphatic carbocycles. The molecule has 0 radical (unpaired) electrons. The van der Waals surface area contributed by atoms with Gasteiger partial charge in [0.05, 0.1) is 5.25 Å². The van der Waals surface area contributed by atoms with Crippen molar-refractivity contribution in [2.75, 3.05) is 12.4 Å². The second-order valence-electron chi connectivity index (χ2n) is 4.71. The number of nitrogens with one attached hydrogen (secondary N) is 1. The molecule has 0 saturated heterocycles. The first kappa shape index (κ1) is 16.8. The van der Waals surface area contributed by atoms with Crippen LogP contribution in [-0.2, 0) is 4.79 Å². The third-order valence-corrected chi connectivity index (χ3v) is 4.73. The van der Waals surface area contributed by atoms with E-state index >= 15 is 0 Å². The first-order valence-corrected chi connectivity index (χ1v) is 8.61. The molecule has 1 amide bonds. The lowest BCUT2D eigenvalue weighted by atomic mass is 10.2. The predicted molar refractivity (Wildman–Crippen MR) is 91.9 cm³/mol. The largest absolute Gasteiger partial charge is 0.355 e. The Morgan fingerprint density at radius 2 is 2.18 bits per heavy atom. The number of hydrogen-bond donors (Lipinski definition) is 2. The number of aromatic nitrogens is 3. The standard InChI is InChI=1S/C14H18BrN5OS/c1-3-8-17-13(21)9(2)22-14-19-18-12(20(14)16)10-6-4-5-7-11(10)15/h4-7,9H,3,8,16H2,1-2H3,(H,17,21)/t9-/m1/s1. The van der Waals surface area contributed by atoms with E-state index in [1.807, 2.05) is 38.1 Å². The zero-order valence-corrected chi connectivity index (χ0v) is 14.8. The van der Waals surface area contributed by atoms with Crippen LogP contribution in [0.25, 0.3) is 11.4 Å². The maximum atomic E-state index is 11.9. The van der Waals surface area contributed by atoms with Gasteiger partial charge in [-0.25, -0.2) is 4.68 Å². The Labute approximate surface area is 142 Å². The number of halogens is 1. The molecule has 0 aliphatic rings. The van der Waals surface area contributed by atoms with Crippen LogP contribution < -0.4 is 11.2 Å². The Kier molecular flexibility index (Phi) is 5.84. The van der Waals surface area contributed by atoms with Crippen molar-refractivity contribution < 1.29 is 4.79 Å². The first-order valence-electron chi connectivity index (χ1n) is 6.94. The summed E-state index contributed by atoms with van der Waals surface area (Å²) in [6.07, 6.45) is 0.905. The van der Waals surface area contributed by atoms with E-state index in [1.165, 1.54) is 16.4 Å². The van der Waals surface area contributed by atoms with E-state index in [0.717, 1.165) is 16.5 Å². The highest BCUT2D eigenvalue weighted by Crippen LogP contribution is 2.29. The zero-order valence-electron chi connectivity index (χ0n) is 12.4. The van der Waals surface area contributed by atoms with Gasteiger partial charge in [-0.2, -0.15) is 0 Å². The van der Waals surface area contributed by atoms with E-state index in [9.17, 15) is 4.79 Å². The summed E-state index contributed by atoms with van der Waals surface area (Å²) in [6, 6.07) is 7.64. The Balaban J connectivity index is 2.15. The van der Waals surface area contributed by atoms with Crippen molar-refractivity contribution in [2.24, 2.45) is 0 Å². The number of nitrogen functional groups attached to an aromatic ring is 1. The molecule has 0 saturated carbocycles. The van der Waals surface area contributed by atoms with Crippen LogP contribution in [0.1, 0.15) is 20.3 Å². The Morgan fingerprint density at radius 3 is 2.86 bits per heavy atom. The van der Waals surface area contributed by atoms with Gasteiger partial charge in [-0.3, -0.25) is 4.79 Å². The highest BCUT2D eigenvalue weighted by molar-refractivity contribution is 9.10. The minimum absolute atomic E-state index is 0.0303. The lowest BCUT2D eigenvalue weighted by Gasteiger charge is -2.11. The monoisotopic (exact) mass is 383 g/mol. The molecule has 2 rings (SSSR count). The van der Waals surface area contributed by atoms with Crippen molar-refractivity contribution in [1.82, 2.24) is 20.2 Å². The normalized spacial score (nSPS) is 12.1. The fourth-order valence-electron chi connectivity index (χ4n) is 1.79. The van der Waals surface area contributed by atoms with Gasteiger partial charge in [0.1, 0.15) is 0 Å². The number of carbonyl (C=O) groups excluding carboxylic acids is 1. The van der Waals surface area contributed by atoms with Crippen molar-refractivity contribution >= 4 is 33.6 Å². The summed E-state index contributed by atoms with van der Waals surface area (Å²) in [6.45, 7) is 4.50. The summed E-state index contributed by atoms with van der Waals surface area (Å²) in [4.78, 5) is 11.9. The molecule has 0 aliphatic heterocycles. The Bertz CT molecular complexity index is 660. The Morgan fingerprint density at radius 1 is 1.45 bits per heavy atom. The fourth-order valence-corrected chi connectivity index (χ4v) is 3.04. The molecule has 1 aromatic carbocycles. The average molecular weight is 384 g/mol. The lowest BCUT2D eigenvalue weighted by molar-refractivity contribution is -0.120. The molecule has 118 valence electrons. The zero-order chi connectivity index (χ0) is 16.1. The van der Waals surface area contributed by atoms with Crippen molar-refractivity contribution in [2.45, 2.75) is 30.7 Å². The van der Waals surface area contributed by atoms with Crippen molar-refractivity contribution in [3.8, 4) is 11.4 Å². The molecular formula is C14H18BrN5OS. The van der Waals surface area contributed by atoms with Crippen LogP contribution in [0.5, 0.6) is 0 Å². The third kappa shape index (κ3) is 3.80. The molecular weight excluding hydrogens is 366 g/mol. The van der Waals surface area contributed by atoms with Gasteiger partial charge >= 0.3 is 0 Å². The second kappa shape index (κ2) is 7.64. The van der Waals surface area contributed by atoms with Gasteiger partial charge in [-0.15, -0.1) is 10.2 Å². The number of amides is 1. The minimum Gasteiger partial charge on any atom is -0.355 e. The molecule has 1 heterocycles. The van der Waals surface area contributed by atoms with Crippen molar-refractivity contribution in [3.63, 3.8) is 0 Å². The third-order valence-electron chi connectivity index (χ3n) is 2.98. The van der Waals surface area contributed by atoms with Gasteiger partial charge in [0.25, 0.3) is 0 Å². The van der Waals surface area contributed by atoms with E-state index in [1.54, 1.807) is 0 Å². The summed E-state index contributed by atoms with van der Waals surface area (Å²) in [5.74, 6) is 6.59. The maximum Gasteiger partial charge on any atom is 0.233 e. The number of carbonyl (C=O) groups is 1. The van der Waals surface area contributed by atoms with Gasteiger partial charge in [0.15, 0.2) is 5.82 Å². The molecule has 1 atom stereocenters. The van der Waals surface area contributed by atoms with E-state index in [2.05, 4.69) is 31.4 Å². The van der Waals surface area contributed by atoms with Gasteiger partial charge < -0.3 is 11.2 Å².